The smallest absolute Gasteiger partial charge is 0.338 e. The number of carbonyl (C=O) groups is 1. The van der Waals surface area contributed by atoms with Crippen molar-refractivity contribution in [2.45, 2.75) is 6.92 Å². The second-order valence-electron chi connectivity index (χ2n) is 5.54. The number of hydrogen-bond donors (Lipinski definition) is 1. The molecule has 0 aliphatic rings. The number of H-pyrrole nitrogens is 1. The van der Waals surface area contributed by atoms with E-state index in [2.05, 4.69) is 34.1 Å². The van der Waals surface area contributed by atoms with Gasteiger partial charge < -0.3 is 9.58 Å². The van der Waals surface area contributed by atoms with Crippen molar-refractivity contribution < 1.29 is 9.53 Å². The van der Waals surface area contributed by atoms with Crippen molar-refractivity contribution in [2.75, 3.05) is 7.11 Å². The van der Waals surface area contributed by atoms with E-state index in [-0.39, 0.29) is 34.1 Å². The molecule has 9 nitrogen and oxygen atoms in total. The SMILES string of the molecule is [C-]#[N+]c1[nH]c(/N=N/c2snc(C)c2[N+]#[C-])c(-c2ccccc2C(=O)OC)c1[N+]#[C-]. The minimum absolute atomic E-state index is 0.0190. The topological polar surface area (TPSA) is 92.8 Å². The number of esters is 1. The summed E-state index contributed by atoms with van der Waals surface area (Å²) in [7, 11) is 1.26. The lowest BCUT2D eigenvalue weighted by Crippen LogP contribution is -2.03. The van der Waals surface area contributed by atoms with E-state index in [0.29, 0.717) is 16.3 Å². The Kier molecular flexibility index (Phi) is 5.45. The van der Waals surface area contributed by atoms with Gasteiger partial charge in [0.1, 0.15) is 0 Å². The number of hydrogen-bond acceptors (Lipinski definition) is 6. The Bertz CT molecular complexity index is 1270. The zero-order chi connectivity index (χ0) is 21.0. The molecule has 2 heterocycles. The highest BCUT2D eigenvalue weighted by atomic mass is 32.1. The molecule has 0 bridgehead atoms. The van der Waals surface area contributed by atoms with Crippen LogP contribution >= 0.6 is 11.5 Å². The monoisotopic (exact) mass is 401 g/mol. The van der Waals surface area contributed by atoms with Crippen molar-refractivity contribution in [1.29, 1.82) is 0 Å². The molecule has 0 atom stereocenters. The van der Waals surface area contributed by atoms with Crippen molar-refractivity contribution in [3.05, 3.63) is 69.8 Å². The highest BCUT2D eigenvalue weighted by molar-refractivity contribution is 7.10. The van der Waals surface area contributed by atoms with Crippen LogP contribution in [-0.2, 0) is 4.74 Å². The van der Waals surface area contributed by atoms with E-state index in [9.17, 15) is 4.79 Å². The van der Waals surface area contributed by atoms with Gasteiger partial charge >= 0.3 is 5.97 Å². The molecular formula is C19H11N7O2S. The number of methoxy groups -OCH3 is 1. The predicted octanol–water partition coefficient (Wildman–Crippen LogP) is 6.30. The lowest BCUT2D eigenvalue weighted by molar-refractivity contribution is 0.0601. The third-order valence-electron chi connectivity index (χ3n) is 3.93. The molecule has 0 aliphatic heterocycles. The fraction of sp³-hybridized carbons (Fsp3) is 0.105. The van der Waals surface area contributed by atoms with Crippen molar-refractivity contribution in [1.82, 2.24) is 9.36 Å². The third kappa shape index (κ3) is 3.46. The van der Waals surface area contributed by atoms with Gasteiger partial charge in [0.25, 0.3) is 0 Å². The van der Waals surface area contributed by atoms with Gasteiger partial charge in [0.05, 0.1) is 31.5 Å². The van der Waals surface area contributed by atoms with E-state index in [0.717, 1.165) is 11.5 Å². The molecule has 3 aromatic rings. The summed E-state index contributed by atoms with van der Waals surface area (Å²) in [6.45, 7) is 23.8. The summed E-state index contributed by atoms with van der Waals surface area (Å²) in [6.07, 6.45) is 0. The van der Waals surface area contributed by atoms with Crippen molar-refractivity contribution >= 4 is 45.5 Å². The molecule has 0 spiro atoms. The number of rotatable bonds is 4. The first-order chi connectivity index (χ1) is 14.0. The second-order valence-corrected chi connectivity index (χ2v) is 6.29. The van der Waals surface area contributed by atoms with Crippen LogP contribution in [0.5, 0.6) is 0 Å². The van der Waals surface area contributed by atoms with Crippen LogP contribution in [0.4, 0.5) is 28.0 Å². The van der Waals surface area contributed by atoms with E-state index in [1.165, 1.54) is 7.11 Å². The van der Waals surface area contributed by atoms with Gasteiger partial charge in [-0.1, -0.05) is 24.8 Å². The number of azo groups is 1. The number of carbonyl (C=O) groups excluding carboxylic acids is 1. The molecule has 29 heavy (non-hydrogen) atoms. The maximum atomic E-state index is 12.2. The maximum Gasteiger partial charge on any atom is 0.338 e. The van der Waals surface area contributed by atoms with Crippen LogP contribution in [0.2, 0.25) is 0 Å². The summed E-state index contributed by atoms with van der Waals surface area (Å²) in [5.41, 5.74) is 1.74. The standard InChI is InChI=1S/C19H11N7O2S/c1-10-14(20-2)18(29-26-10)25-24-16-13(15(21-3)17(22-4)23-16)11-8-6-7-9-12(11)19(27)28-5/h6-9,23H,1,5H3/b25-24+. The number of nitrogens with one attached hydrogen (secondary N) is 1. The molecule has 0 saturated heterocycles. The molecule has 3 rings (SSSR count). The molecule has 1 N–H and O–H groups in total. The van der Waals surface area contributed by atoms with Gasteiger partial charge in [-0.05, 0) is 30.1 Å². The molecule has 2 aromatic heterocycles. The molecule has 1 aromatic carbocycles. The lowest BCUT2D eigenvalue weighted by Gasteiger charge is -2.07. The molecule has 0 radical (unpaired) electrons. The number of aromatic nitrogens is 2. The summed E-state index contributed by atoms with van der Waals surface area (Å²) in [6, 6.07) is 6.56. The molecule has 0 fully saturated rings. The van der Waals surface area contributed by atoms with Crippen LogP contribution in [0.15, 0.2) is 34.5 Å². The molecule has 0 saturated carbocycles. The summed E-state index contributed by atoms with van der Waals surface area (Å²) in [5.74, 6) is -0.479. The number of ether oxygens (including phenoxy) is 1. The number of aryl methyl sites for hydroxylation is 1. The van der Waals surface area contributed by atoms with Crippen molar-refractivity contribution in [3.63, 3.8) is 0 Å². The average molecular weight is 401 g/mol. The Hall–Kier alpha value is -4.33. The van der Waals surface area contributed by atoms with E-state index in [1.807, 2.05) is 0 Å². The molecule has 0 unspecified atom stereocenters. The zero-order valence-electron chi connectivity index (χ0n) is 15.2. The Labute approximate surface area is 169 Å². The van der Waals surface area contributed by atoms with Crippen LogP contribution in [0.25, 0.3) is 25.7 Å². The van der Waals surface area contributed by atoms with Gasteiger partial charge in [0.2, 0.25) is 23.0 Å². The van der Waals surface area contributed by atoms with Gasteiger partial charge in [0.15, 0.2) is 5.00 Å². The van der Waals surface area contributed by atoms with E-state index >= 15 is 0 Å². The summed E-state index contributed by atoms with van der Waals surface area (Å²) in [4.78, 5) is 25.2. The number of benzene rings is 1. The maximum absolute atomic E-state index is 12.2. The Morgan fingerprint density at radius 3 is 2.52 bits per heavy atom. The van der Waals surface area contributed by atoms with Crippen LogP contribution in [0.3, 0.4) is 0 Å². The van der Waals surface area contributed by atoms with Crippen molar-refractivity contribution in [3.8, 4) is 11.1 Å². The van der Waals surface area contributed by atoms with Crippen LogP contribution in [0.1, 0.15) is 16.1 Å². The molecule has 0 amide bonds. The Morgan fingerprint density at radius 1 is 1.14 bits per heavy atom. The summed E-state index contributed by atoms with van der Waals surface area (Å²) < 4.78 is 8.92. The van der Waals surface area contributed by atoms with Gasteiger partial charge in [-0.2, -0.15) is 0 Å². The van der Waals surface area contributed by atoms with E-state index < -0.39 is 5.97 Å². The largest absolute Gasteiger partial charge is 0.465 e. The van der Waals surface area contributed by atoms with Gasteiger partial charge in [0, 0.05) is 5.56 Å². The molecule has 0 aliphatic carbocycles. The van der Waals surface area contributed by atoms with Gasteiger partial charge in [-0.25, -0.2) is 18.9 Å². The fourth-order valence-electron chi connectivity index (χ4n) is 2.62. The Morgan fingerprint density at radius 2 is 1.86 bits per heavy atom. The highest BCUT2D eigenvalue weighted by Crippen LogP contribution is 2.47. The number of aromatic amines is 1. The van der Waals surface area contributed by atoms with Crippen molar-refractivity contribution in [2.24, 2.45) is 10.2 Å². The minimum Gasteiger partial charge on any atom is -0.465 e. The lowest BCUT2D eigenvalue weighted by atomic mass is 10.00. The Balaban J connectivity index is 2.24. The highest BCUT2D eigenvalue weighted by Gasteiger charge is 2.25. The molecule has 10 heteroatoms. The molecule has 140 valence electrons. The first-order valence-corrected chi connectivity index (χ1v) is 8.77. The van der Waals surface area contributed by atoms with Crippen LogP contribution in [-0.4, -0.2) is 22.4 Å². The minimum atomic E-state index is -0.585. The van der Waals surface area contributed by atoms with Gasteiger partial charge in [-0.3, -0.25) is 4.98 Å². The number of nitrogens with zero attached hydrogens (tertiary/aromatic N) is 6. The average Bonchev–Trinajstić information content (AvgIpc) is 3.30. The summed E-state index contributed by atoms with van der Waals surface area (Å²) in [5, 5.41) is 8.54. The van der Waals surface area contributed by atoms with E-state index in [1.54, 1.807) is 31.2 Å². The summed E-state index contributed by atoms with van der Waals surface area (Å²) >= 11 is 1.02. The first-order valence-electron chi connectivity index (χ1n) is 7.99. The quantitative estimate of drug-likeness (QED) is 0.316. The second kappa shape index (κ2) is 8.13. The normalized spacial score (nSPS) is 10.3. The zero-order valence-corrected chi connectivity index (χ0v) is 16.0. The van der Waals surface area contributed by atoms with Gasteiger partial charge in [-0.15, -0.1) is 10.2 Å². The fourth-order valence-corrected chi connectivity index (χ4v) is 3.28. The third-order valence-corrected chi connectivity index (χ3v) is 4.74. The van der Waals surface area contributed by atoms with E-state index in [4.69, 9.17) is 24.5 Å². The predicted molar refractivity (Wildman–Crippen MR) is 107 cm³/mol. The first kappa shape index (κ1) is 19.4. The van der Waals surface area contributed by atoms with Crippen LogP contribution < -0.4 is 0 Å². The molecular weight excluding hydrogens is 390 g/mol. The van der Waals surface area contributed by atoms with Crippen LogP contribution in [0, 0.1) is 26.6 Å².